The van der Waals surface area contributed by atoms with Gasteiger partial charge in [-0.3, -0.25) is 0 Å². The molecular formula is C12H21N3O2. The van der Waals surface area contributed by atoms with Crippen molar-refractivity contribution in [3.05, 3.63) is 12.4 Å². The van der Waals surface area contributed by atoms with Crippen molar-refractivity contribution in [3.8, 4) is 11.8 Å². The first-order valence-corrected chi connectivity index (χ1v) is 6.03. The van der Waals surface area contributed by atoms with Gasteiger partial charge in [-0.15, -0.1) is 0 Å². The molecule has 5 nitrogen and oxygen atoms in total. The number of nitrogens with zero attached hydrogens (tertiary/aromatic N) is 2. The normalized spacial score (nSPS) is 10.6. The molecule has 1 aromatic heterocycles. The van der Waals surface area contributed by atoms with Gasteiger partial charge in [0.1, 0.15) is 6.33 Å². The van der Waals surface area contributed by atoms with Crippen molar-refractivity contribution in [2.45, 2.75) is 33.2 Å². The van der Waals surface area contributed by atoms with Crippen LogP contribution in [0.25, 0.3) is 0 Å². The maximum Gasteiger partial charge on any atom is 0.220 e. The third kappa shape index (κ3) is 6.06. The van der Waals surface area contributed by atoms with Gasteiger partial charge >= 0.3 is 0 Å². The Labute approximate surface area is 103 Å². The molecule has 0 aliphatic heterocycles. The van der Waals surface area contributed by atoms with E-state index in [1.165, 1.54) is 6.33 Å². The monoisotopic (exact) mass is 239 g/mol. The topological polar surface area (TPSA) is 56.3 Å². The summed E-state index contributed by atoms with van der Waals surface area (Å²) in [6.45, 7) is 8.34. The summed E-state index contributed by atoms with van der Waals surface area (Å²) < 4.78 is 10.8. The first kappa shape index (κ1) is 13.7. The minimum absolute atomic E-state index is 0.513. The second kappa shape index (κ2) is 7.84. The molecule has 1 heterocycles. The van der Waals surface area contributed by atoms with Crippen molar-refractivity contribution in [1.82, 2.24) is 15.3 Å². The number of hydrogen-bond acceptors (Lipinski definition) is 5. The molecule has 1 N–H and O–H groups in total. The van der Waals surface area contributed by atoms with Crippen LogP contribution in [0.15, 0.2) is 12.4 Å². The lowest BCUT2D eigenvalue weighted by Crippen LogP contribution is -2.24. The molecule has 0 saturated heterocycles. The standard InChI is InChI=1S/C12H21N3O2/c1-4-16-11-8-12(15-9-14-11)17-7-5-6-13-10(2)3/h8-10,13H,4-7H2,1-3H3. The van der Waals surface area contributed by atoms with Gasteiger partial charge in [0.2, 0.25) is 11.8 Å². The summed E-state index contributed by atoms with van der Waals surface area (Å²) in [4.78, 5) is 7.99. The van der Waals surface area contributed by atoms with Crippen molar-refractivity contribution in [2.24, 2.45) is 0 Å². The van der Waals surface area contributed by atoms with E-state index >= 15 is 0 Å². The summed E-state index contributed by atoms with van der Waals surface area (Å²) in [5.74, 6) is 1.12. The van der Waals surface area contributed by atoms with Gasteiger partial charge in [-0.1, -0.05) is 13.8 Å². The molecule has 1 aromatic rings. The molecular weight excluding hydrogens is 218 g/mol. The maximum absolute atomic E-state index is 5.50. The number of rotatable bonds is 8. The average molecular weight is 239 g/mol. The van der Waals surface area contributed by atoms with Crippen LogP contribution in [-0.4, -0.2) is 35.8 Å². The number of ether oxygens (including phenoxy) is 2. The molecule has 0 saturated carbocycles. The van der Waals surface area contributed by atoms with Crippen molar-refractivity contribution < 1.29 is 9.47 Å². The van der Waals surface area contributed by atoms with E-state index in [2.05, 4.69) is 29.1 Å². The van der Waals surface area contributed by atoms with Crippen LogP contribution in [0.3, 0.4) is 0 Å². The van der Waals surface area contributed by atoms with Crippen molar-refractivity contribution in [3.63, 3.8) is 0 Å². The maximum atomic E-state index is 5.50. The smallest absolute Gasteiger partial charge is 0.220 e. The van der Waals surface area contributed by atoms with Gasteiger partial charge in [-0.2, -0.15) is 0 Å². The van der Waals surface area contributed by atoms with Crippen molar-refractivity contribution in [1.29, 1.82) is 0 Å². The number of hydrogen-bond donors (Lipinski definition) is 1. The second-order valence-electron chi connectivity index (χ2n) is 3.94. The summed E-state index contributed by atoms with van der Waals surface area (Å²) in [6.07, 6.45) is 2.40. The van der Waals surface area contributed by atoms with Gasteiger partial charge in [-0.05, 0) is 19.9 Å². The molecule has 0 aliphatic rings. The first-order valence-electron chi connectivity index (χ1n) is 6.03. The van der Waals surface area contributed by atoms with Gasteiger partial charge in [0.05, 0.1) is 19.3 Å². The Morgan fingerprint density at radius 2 is 1.94 bits per heavy atom. The SMILES string of the molecule is CCOc1cc(OCCCNC(C)C)ncn1. The van der Waals surface area contributed by atoms with Crippen LogP contribution < -0.4 is 14.8 Å². The summed E-state index contributed by atoms with van der Waals surface area (Å²) in [6, 6.07) is 2.22. The van der Waals surface area contributed by atoms with E-state index < -0.39 is 0 Å². The lowest BCUT2D eigenvalue weighted by molar-refractivity contribution is 0.285. The molecule has 0 radical (unpaired) electrons. The van der Waals surface area contributed by atoms with Crippen LogP contribution in [0.4, 0.5) is 0 Å². The summed E-state index contributed by atoms with van der Waals surface area (Å²) >= 11 is 0. The second-order valence-corrected chi connectivity index (χ2v) is 3.94. The van der Waals surface area contributed by atoms with E-state index in [-0.39, 0.29) is 0 Å². The van der Waals surface area contributed by atoms with Gasteiger partial charge in [-0.25, -0.2) is 9.97 Å². The Hall–Kier alpha value is -1.36. The minimum atomic E-state index is 0.513. The Kier molecular flexibility index (Phi) is 6.32. The van der Waals surface area contributed by atoms with Crippen LogP contribution >= 0.6 is 0 Å². The summed E-state index contributed by atoms with van der Waals surface area (Å²) in [7, 11) is 0. The zero-order valence-corrected chi connectivity index (χ0v) is 10.8. The van der Waals surface area contributed by atoms with E-state index in [9.17, 15) is 0 Å². The fourth-order valence-electron chi connectivity index (χ4n) is 1.27. The molecule has 0 spiro atoms. The Bertz CT molecular complexity index is 318. The molecule has 0 fully saturated rings. The molecule has 17 heavy (non-hydrogen) atoms. The van der Waals surface area contributed by atoms with E-state index in [0.717, 1.165) is 13.0 Å². The molecule has 1 rings (SSSR count). The zero-order valence-electron chi connectivity index (χ0n) is 10.8. The van der Waals surface area contributed by atoms with Crippen LogP contribution in [0.1, 0.15) is 27.2 Å². The quantitative estimate of drug-likeness (QED) is 0.699. The van der Waals surface area contributed by atoms with Crippen LogP contribution in [-0.2, 0) is 0 Å². The lowest BCUT2D eigenvalue weighted by Gasteiger charge is -2.09. The van der Waals surface area contributed by atoms with Gasteiger partial charge in [0.25, 0.3) is 0 Å². The summed E-state index contributed by atoms with van der Waals surface area (Å²) in [5.41, 5.74) is 0. The van der Waals surface area contributed by atoms with Gasteiger partial charge < -0.3 is 14.8 Å². The van der Waals surface area contributed by atoms with Crippen molar-refractivity contribution >= 4 is 0 Å². The molecule has 0 aliphatic carbocycles. The fourth-order valence-corrected chi connectivity index (χ4v) is 1.27. The Morgan fingerprint density at radius 1 is 1.24 bits per heavy atom. The van der Waals surface area contributed by atoms with E-state index in [1.807, 2.05) is 6.92 Å². The average Bonchev–Trinajstić information content (AvgIpc) is 2.29. The van der Waals surface area contributed by atoms with Crippen LogP contribution in [0, 0.1) is 0 Å². The Morgan fingerprint density at radius 3 is 2.59 bits per heavy atom. The third-order valence-corrected chi connectivity index (χ3v) is 2.03. The summed E-state index contributed by atoms with van der Waals surface area (Å²) in [5, 5.41) is 3.33. The molecule has 5 heteroatoms. The lowest BCUT2D eigenvalue weighted by atomic mass is 10.3. The minimum Gasteiger partial charge on any atom is -0.478 e. The zero-order chi connectivity index (χ0) is 12.5. The van der Waals surface area contributed by atoms with Gasteiger partial charge in [0, 0.05) is 6.04 Å². The highest BCUT2D eigenvalue weighted by molar-refractivity contribution is 5.17. The number of nitrogens with one attached hydrogen (secondary N) is 1. The third-order valence-electron chi connectivity index (χ3n) is 2.03. The molecule has 0 atom stereocenters. The highest BCUT2D eigenvalue weighted by Crippen LogP contribution is 2.12. The molecule has 0 aromatic carbocycles. The largest absolute Gasteiger partial charge is 0.478 e. The fraction of sp³-hybridized carbons (Fsp3) is 0.667. The van der Waals surface area contributed by atoms with Gasteiger partial charge in [0.15, 0.2) is 0 Å². The van der Waals surface area contributed by atoms with Crippen LogP contribution in [0.5, 0.6) is 11.8 Å². The van der Waals surface area contributed by atoms with E-state index in [1.54, 1.807) is 6.07 Å². The predicted molar refractivity (Wildman–Crippen MR) is 66.5 cm³/mol. The highest BCUT2D eigenvalue weighted by atomic mass is 16.5. The Balaban J connectivity index is 2.24. The number of aromatic nitrogens is 2. The van der Waals surface area contributed by atoms with Crippen LogP contribution in [0.2, 0.25) is 0 Å². The molecule has 0 bridgehead atoms. The molecule has 0 amide bonds. The molecule has 96 valence electrons. The predicted octanol–water partition coefficient (Wildman–Crippen LogP) is 1.64. The molecule has 0 unspecified atom stereocenters. The van der Waals surface area contributed by atoms with E-state index in [4.69, 9.17) is 9.47 Å². The first-order chi connectivity index (χ1) is 8.22. The van der Waals surface area contributed by atoms with E-state index in [0.29, 0.717) is 31.0 Å². The highest BCUT2D eigenvalue weighted by Gasteiger charge is 2.00. The van der Waals surface area contributed by atoms with Crippen molar-refractivity contribution in [2.75, 3.05) is 19.8 Å².